The third kappa shape index (κ3) is 1.25. The van der Waals surface area contributed by atoms with Crippen molar-refractivity contribution in [2.24, 2.45) is 0 Å². The maximum Gasteiger partial charge on any atom is 0.0455 e. The van der Waals surface area contributed by atoms with E-state index in [1.165, 1.54) is 15.6 Å². The third-order valence-electron chi connectivity index (χ3n) is 2.09. The SMILES string of the molecule is CC(C)c1ccc2c[c]sc2c1. The molecule has 1 heterocycles. The first-order chi connectivity index (χ1) is 5.77. The van der Waals surface area contributed by atoms with Gasteiger partial charge < -0.3 is 0 Å². The molecule has 1 heteroatoms. The van der Waals surface area contributed by atoms with E-state index < -0.39 is 0 Å². The Morgan fingerprint density at radius 1 is 1.33 bits per heavy atom. The first kappa shape index (κ1) is 7.81. The molecule has 2 aromatic rings. The summed E-state index contributed by atoms with van der Waals surface area (Å²) in [6.45, 7) is 4.44. The summed E-state index contributed by atoms with van der Waals surface area (Å²) in [7, 11) is 0. The highest BCUT2D eigenvalue weighted by Gasteiger charge is 2.00. The topological polar surface area (TPSA) is 0 Å². The Labute approximate surface area is 76.8 Å². The van der Waals surface area contributed by atoms with Crippen molar-refractivity contribution < 1.29 is 0 Å². The van der Waals surface area contributed by atoms with Crippen LogP contribution in [-0.2, 0) is 0 Å². The van der Waals surface area contributed by atoms with Crippen LogP contribution in [0.3, 0.4) is 0 Å². The summed E-state index contributed by atoms with van der Waals surface area (Å²) < 4.78 is 1.35. The predicted molar refractivity (Wildman–Crippen MR) is 54.8 cm³/mol. The Kier molecular flexibility index (Phi) is 1.89. The summed E-state index contributed by atoms with van der Waals surface area (Å²) in [5, 5.41) is 4.46. The van der Waals surface area contributed by atoms with Crippen LogP contribution in [0, 0.1) is 5.38 Å². The van der Waals surface area contributed by atoms with Crippen molar-refractivity contribution in [3.8, 4) is 0 Å². The molecular weight excluding hydrogens is 164 g/mol. The second-order valence-electron chi connectivity index (χ2n) is 3.32. The van der Waals surface area contributed by atoms with Crippen molar-refractivity contribution in [3.63, 3.8) is 0 Å². The summed E-state index contributed by atoms with van der Waals surface area (Å²) in [6, 6.07) is 8.69. The van der Waals surface area contributed by atoms with Crippen LogP contribution in [0.2, 0.25) is 0 Å². The molecule has 2 rings (SSSR count). The highest BCUT2D eigenvalue weighted by molar-refractivity contribution is 7.16. The van der Waals surface area contributed by atoms with Crippen LogP contribution in [-0.4, -0.2) is 0 Å². The molecule has 0 bridgehead atoms. The summed E-state index contributed by atoms with van der Waals surface area (Å²) in [5.41, 5.74) is 1.42. The molecule has 0 unspecified atom stereocenters. The highest BCUT2D eigenvalue weighted by Crippen LogP contribution is 2.24. The summed E-state index contributed by atoms with van der Waals surface area (Å²) in [6.07, 6.45) is 0. The van der Waals surface area contributed by atoms with Gasteiger partial charge in [0.25, 0.3) is 0 Å². The predicted octanol–water partition coefficient (Wildman–Crippen LogP) is 3.82. The molecule has 0 spiro atoms. The van der Waals surface area contributed by atoms with Gasteiger partial charge in [0.2, 0.25) is 0 Å². The van der Waals surface area contributed by atoms with Crippen LogP contribution in [0.1, 0.15) is 25.3 Å². The fraction of sp³-hybridized carbons (Fsp3) is 0.273. The van der Waals surface area contributed by atoms with Gasteiger partial charge in [0.1, 0.15) is 0 Å². The van der Waals surface area contributed by atoms with E-state index in [9.17, 15) is 0 Å². The molecule has 0 aliphatic carbocycles. The van der Waals surface area contributed by atoms with Crippen molar-refractivity contribution >= 4 is 21.4 Å². The van der Waals surface area contributed by atoms with E-state index in [4.69, 9.17) is 0 Å². The van der Waals surface area contributed by atoms with Gasteiger partial charge in [-0.3, -0.25) is 0 Å². The van der Waals surface area contributed by atoms with Gasteiger partial charge >= 0.3 is 0 Å². The fourth-order valence-corrected chi connectivity index (χ4v) is 2.03. The largest absolute Gasteiger partial charge is 0.134 e. The molecule has 1 aromatic heterocycles. The minimum Gasteiger partial charge on any atom is -0.134 e. The fourth-order valence-electron chi connectivity index (χ4n) is 1.27. The molecule has 0 N–H and O–H groups in total. The molecule has 0 fully saturated rings. The van der Waals surface area contributed by atoms with Gasteiger partial charge in [-0.25, -0.2) is 0 Å². The van der Waals surface area contributed by atoms with Crippen LogP contribution in [0.4, 0.5) is 0 Å². The number of fused-ring (bicyclic) bond motifs is 1. The molecule has 0 nitrogen and oxygen atoms in total. The lowest BCUT2D eigenvalue weighted by molar-refractivity contribution is 0.869. The number of benzene rings is 1. The lowest BCUT2D eigenvalue weighted by Gasteiger charge is -2.03. The van der Waals surface area contributed by atoms with Crippen molar-refractivity contribution in [2.75, 3.05) is 0 Å². The zero-order chi connectivity index (χ0) is 8.55. The summed E-state index contributed by atoms with van der Waals surface area (Å²) >= 11 is 1.69. The number of hydrogen-bond acceptors (Lipinski definition) is 1. The molecule has 1 radical (unpaired) electrons. The molecule has 0 amide bonds. The second kappa shape index (κ2) is 2.91. The Balaban J connectivity index is 2.60. The van der Waals surface area contributed by atoms with E-state index in [1.54, 1.807) is 11.3 Å². The van der Waals surface area contributed by atoms with E-state index >= 15 is 0 Å². The number of thiophene rings is 1. The molecule has 0 saturated carbocycles. The Morgan fingerprint density at radius 3 is 2.92 bits per heavy atom. The minimum absolute atomic E-state index is 0.622. The van der Waals surface area contributed by atoms with Crippen LogP contribution in [0.15, 0.2) is 24.3 Å². The van der Waals surface area contributed by atoms with E-state index in [1.807, 2.05) is 6.07 Å². The quantitative estimate of drug-likeness (QED) is 0.618. The Hall–Kier alpha value is -0.820. The monoisotopic (exact) mass is 175 g/mol. The second-order valence-corrected chi connectivity index (χ2v) is 4.20. The molecule has 61 valence electrons. The molecular formula is C11H11S. The number of hydrogen-bond donors (Lipinski definition) is 0. The highest BCUT2D eigenvalue weighted by atomic mass is 32.1. The van der Waals surface area contributed by atoms with Crippen molar-refractivity contribution in [2.45, 2.75) is 19.8 Å². The third-order valence-corrected chi connectivity index (χ3v) is 2.90. The smallest absolute Gasteiger partial charge is 0.0455 e. The first-order valence-corrected chi connectivity index (χ1v) is 4.98. The lowest BCUT2D eigenvalue weighted by atomic mass is 10.0. The molecule has 0 aliphatic rings. The normalized spacial score (nSPS) is 11.2. The zero-order valence-corrected chi connectivity index (χ0v) is 8.11. The van der Waals surface area contributed by atoms with Crippen molar-refractivity contribution in [1.29, 1.82) is 0 Å². The van der Waals surface area contributed by atoms with Gasteiger partial charge in [-0.05, 0) is 29.0 Å². The lowest BCUT2D eigenvalue weighted by Crippen LogP contribution is -1.84. The summed E-state index contributed by atoms with van der Waals surface area (Å²) in [4.78, 5) is 0. The molecule has 12 heavy (non-hydrogen) atoms. The first-order valence-electron chi connectivity index (χ1n) is 4.17. The van der Waals surface area contributed by atoms with Crippen LogP contribution >= 0.6 is 11.3 Å². The van der Waals surface area contributed by atoms with E-state index in [0.717, 1.165) is 0 Å². The molecule has 0 saturated heterocycles. The average molecular weight is 175 g/mol. The van der Waals surface area contributed by atoms with Crippen molar-refractivity contribution in [1.82, 2.24) is 0 Å². The molecule has 0 aliphatic heterocycles. The van der Waals surface area contributed by atoms with Crippen LogP contribution in [0.25, 0.3) is 10.1 Å². The van der Waals surface area contributed by atoms with E-state index in [-0.39, 0.29) is 0 Å². The Morgan fingerprint density at radius 2 is 2.17 bits per heavy atom. The molecule has 1 aromatic carbocycles. The van der Waals surface area contributed by atoms with Gasteiger partial charge in [0.05, 0.1) is 0 Å². The maximum atomic E-state index is 3.15. The minimum atomic E-state index is 0.622. The Bertz CT molecular complexity index is 385. The van der Waals surface area contributed by atoms with Gasteiger partial charge in [-0.1, -0.05) is 26.0 Å². The van der Waals surface area contributed by atoms with Gasteiger partial charge in [0.15, 0.2) is 0 Å². The van der Waals surface area contributed by atoms with Crippen molar-refractivity contribution in [3.05, 3.63) is 35.2 Å². The molecule has 0 atom stereocenters. The standard InChI is InChI=1S/C11H11S/c1-8(2)10-4-3-9-5-6-12-11(9)7-10/h3-5,7-8H,1-2H3. The zero-order valence-electron chi connectivity index (χ0n) is 7.29. The summed E-state index contributed by atoms with van der Waals surface area (Å²) in [5.74, 6) is 0.622. The van der Waals surface area contributed by atoms with E-state index in [2.05, 4.69) is 37.4 Å². The average Bonchev–Trinajstić information content (AvgIpc) is 2.49. The van der Waals surface area contributed by atoms with Gasteiger partial charge in [0, 0.05) is 10.1 Å². The van der Waals surface area contributed by atoms with E-state index in [0.29, 0.717) is 5.92 Å². The number of rotatable bonds is 1. The van der Waals surface area contributed by atoms with Gasteiger partial charge in [-0.2, -0.15) is 0 Å². The van der Waals surface area contributed by atoms with Crippen LogP contribution in [0.5, 0.6) is 0 Å². The van der Waals surface area contributed by atoms with Gasteiger partial charge in [-0.15, -0.1) is 11.3 Å². The maximum absolute atomic E-state index is 3.15. The van der Waals surface area contributed by atoms with Crippen LogP contribution < -0.4 is 0 Å².